The van der Waals surface area contributed by atoms with Gasteiger partial charge in [-0.15, -0.1) is 11.3 Å². The van der Waals surface area contributed by atoms with Crippen LogP contribution in [-0.2, 0) is 22.7 Å². The van der Waals surface area contributed by atoms with E-state index in [1.807, 2.05) is 38.3 Å². The van der Waals surface area contributed by atoms with E-state index in [0.717, 1.165) is 29.2 Å². The molecule has 0 fully saturated rings. The summed E-state index contributed by atoms with van der Waals surface area (Å²) in [7, 11) is 0. The standard InChI is InChI=1S/C22H24N4O3S/c1-13(2)10-25-14(3)6-17(16(25)5)7-18(9-23)21(28)29-11-19-8-20(27)26-15(4)12-30-22(26)24-19/h6-8,12-13H,10-11H2,1-5H3/b18-7+. The lowest BCUT2D eigenvalue weighted by atomic mass is 10.1. The third-order valence-corrected chi connectivity index (χ3v) is 5.72. The molecule has 0 radical (unpaired) electrons. The first-order chi connectivity index (χ1) is 14.2. The van der Waals surface area contributed by atoms with Crippen LogP contribution in [0.15, 0.2) is 27.9 Å². The Morgan fingerprint density at radius 2 is 2.03 bits per heavy atom. The molecule has 0 aliphatic rings. The highest BCUT2D eigenvalue weighted by Gasteiger charge is 2.16. The van der Waals surface area contributed by atoms with Gasteiger partial charge in [0.1, 0.15) is 18.2 Å². The number of fused-ring (bicyclic) bond motifs is 1. The van der Waals surface area contributed by atoms with E-state index in [-0.39, 0.29) is 17.7 Å². The topological polar surface area (TPSA) is 89.4 Å². The molecule has 0 saturated heterocycles. The summed E-state index contributed by atoms with van der Waals surface area (Å²) in [5, 5.41) is 11.3. The highest BCUT2D eigenvalue weighted by molar-refractivity contribution is 7.15. The van der Waals surface area contributed by atoms with Crippen molar-refractivity contribution in [3.8, 4) is 6.07 Å². The zero-order valence-electron chi connectivity index (χ0n) is 17.7. The summed E-state index contributed by atoms with van der Waals surface area (Å²) in [5.41, 5.74) is 3.72. The van der Waals surface area contributed by atoms with E-state index in [2.05, 4.69) is 23.4 Å². The van der Waals surface area contributed by atoms with Crippen LogP contribution in [0, 0.1) is 38.0 Å². The van der Waals surface area contributed by atoms with E-state index in [9.17, 15) is 14.9 Å². The molecule has 3 heterocycles. The lowest BCUT2D eigenvalue weighted by Crippen LogP contribution is -2.16. The van der Waals surface area contributed by atoms with E-state index in [1.54, 1.807) is 6.08 Å². The number of hydrogen-bond acceptors (Lipinski definition) is 6. The number of carbonyl (C=O) groups excluding carboxylic acids is 1. The third kappa shape index (κ3) is 4.36. The fourth-order valence-corrected chi connectivity index (χ4v) is 4.20. The van der Waals surface area contributed by atoms with Crippen molar-refractivity contribution in [3.05, 3.63) is 61.8 Å². The smallest absolute Gasteiger partial charge is 0.349 e. The van der Waals surface area contributed by atoms with Gasteiger partial charge in [0, 0.05) is 35.1 Å². The number of nitriles is 1. The van der Waals surface area contributed by atoms with E-state index in [0.29, 0.717) is 16.6 Å². The molecule has 8 heteroatoms. The first-order valence-electron chi connectivity index (χ1n) is 9.63. The molecular formula is C22H24N4O3S. The van der Waals surface area contributed by atoms with Gasteiger partial charge in [-0.05, 0) is 44.4 Å². The maximum absolute atomic E-state index is 12.5. The molecule has 0 bridgehead atoms. The average molecular weight is 425 g/mol. The fourth-order valence-electron chi connectivity index (χ4n) is 3.30. The van der Waals surface area contributed by atoms with Gasteiger partial charge < -0.3 is 9.30 Å². The Kier molecular flexibility index (Phi) is 6.22. The third-order valence-electron chi connectivity index (χ3n) is 4.78. The highest BCUT2D eigenvalue weighted by Crippen LogP contribution is 2.20. The van der Waals surface area contributed by atoms with Gasteiger partial charge in [-0.2, -0.15) is 5.26 Å². The fraction of sp³-hybridized carbons (Fsp3) is 0.364. The summed E-state index contributed by atoms with van der Waals surface area (Å²) in [6, 6.07) is 5.22. The number of hydrogen-bond donors (Lipinski definition) is 0. The van der Waals surface area contributed by atoms with Crippen LogP contribution >= 0.6 is 11.3 Å². The maximum atomic E-state index is 12.5. The molecule has 156 valence electrons. The Labute approximate surface area is 178 Å². The number of thiazole rings is 1. The second-order valence-corrected chi connectivity index (χ2v) is 8.49. The van der Waals surface area contributed by atoms with Crippen LogP contribution in [0.5, 0.6) is 0 Å². The van der Waals surface area contributed by atoms with Gasteiger partial charge in [-0.1, -0.05) is 13.8 Å². The van der Waals surface area contributed by atoms with Gasteiger partial charge >= 0.3 is 5.97 Å². The molecule has 0 aliphatic heterocycles. The van der Waals surface area contributed by atoms with Crippen LogP contribution < -0.4 is 5.56 Å². The minimum absolute atomic E-state index is 0.0930. The predicted molar refractivity (Wildman–Crippen MR) is 116 cm³/mol. The van der Waals surface area contributed by atoms with Crippen LogP contribution in [0.4, 0.5) is 0 Å². The van der Waals surface area contributed by atoms with Crippen LogP contribution in [0.1, 0.15) is 42.2 Å². The van der Waals surface area contributed by atoms with Crippen molar-refractivity contribution in [2.24, 2.45) is 5.92 Å². The Morgan fingerprint density at radius 1 is 1.30 bits per heavy atom. The van der Waals surface area contributed by atoms with E-state index < -0.39 is 5.97 Å². The Morgan fingerprint density at radius 3 is 2.70 bits per heavy atom. The van der Waals surface area contributed by atoms with Crippen LogP contribution in [-0.4, -0.2) is 19.9 Å². The number of aryl methyl sites for hydroxylation is 2. The number of aromatic nitrogens is 3. The second-order valence-electron chi connectivity index (χ2n) is 7.66. The van der Waals surface area contributed by atoms with Crippen LogP contribution in [0.2, 0.25) is 0 Å². The molecule has 0 unspecified atom stereocenters. The van der Waals surface area contributed by atoms with E-state index >= 15 is 0 Å². The van der Waals surface area contributed by atoms with Crippen molar-refractivity contribution in [2.75, 3.05) is 0 Å². The molecule has 0 amide bonds. The molecule has 30 heavy (non-hydrogen) atoms. The number of ether oxygens (including phenoxy) is 1. The largest absolute Gasteiger partial charge is 0.455 e. The first-order valence-corrected chi connectivity index (χ1v) is 10.5. The number of rotatable bonds is 6. The van der Waals surface area contributed by atoms with Crippen molar-refractivity contribution < 1.29 is 9.53 Å². The monoisotopic (exact) mass is 424 g/mol. The molecule has 0 saturated carbocycles. The molecule has 0 atom stereocenters. The summed E-state index contributed by atoms with van der Waals surface area (Å²) in [6.45, 7) is 10.8. The quantitative estimate of drug-likeness (QED) is 0.341. The van der Waals surface area contributed by atoms with Gasteiger partial charge in [-0.3, -0.25) is 9.20 Å². The molecule has 0 aromatic carbocycles. The first kappa shape index (κ1) is 21.5. The summed E-state index contributed by atoms with van der Waals surface area (Å²) in [5.74, 6) is -0.261. The lowest BCUT2D eigenvalue weighted by Gasteiger charge is -2.12. The number of nitrogens with zero attached hydrogens (tertiary/aromatic N) is 4. The number of carbonyl (C=O) groups is 1. The van der Waals surface area contributed by atoms with E-state index in [4.69, 9.17) is 4.74 Å². The minimum atomic E-state index is -0.740. The summed E-state index contributed by atoms with van der Waals surface area (Å²) in [4.78, 5) is 29.6. The van der Waals surface area contributed by atoms with Gasteiger partial charge in [-0.25, -0.2) is 9.78 Å². The van der Waals surface area contributed by atoms with Crippen molar-refractivity contribution >= 4 is 28.3 Å². The Bertz CT molecular complexity index is 1240. The highest BCUT2D eigenvalue weighted by atomic mass is 32.1. The van der Waals surface area contributed by atoms with Crippen LogP contribution in [0.25, 0.3) is 11.0 Å². The molecule has 3 aromatic heterocycles. The maximum Gasteiger partial charge on any atom is 0.349 e. The van der Waals surface area contributed by atoms with Crippen molar-refractivity contribution in [2.45, 2.75) is 47.8 Å². The van der Waals surface area contributed by atoms with Crippen molar-refractivity contribution in [3.63, 3.8) is 0 Å². The van der Waals surface area contributed by atoms with Crippen molar-refractivity contribution in [1.82, 2.24) is 14.0 Å². The minimum Gasteiger partial charge on any atom is -0.455 e. The molecule has 0 aliphatic carbocycles. The predicted octanol–water partition coefficient (Wildman–Crippen LogP) is 3.79. The number of esters is 1. The molecule has 3 aromatic rings. The van der Waals surface area contributed by atoms with Gasteiger partial charge in [0.25, 0.3) is 5.56 Å². The Balaban J connectivity index is 1.79. The second kappa shape index (κ2) is 8.67. The zero-order chi connectivity index (χ0) is 22.0. The van der Waals surface area contributed by atoms with Gasteiger partial charge in [0.15, 0.2) is 4.96 Å². The van der Waals surface area contributed by atoms with Gasteiger partial charge in [0.05, 0.1) is 5.69 Å². The average Bonchev–Trinajstić information content (AvgIpc) is 3.18. The molecule has 7 nitrogen and oxygen atoms in total. The SMILES string of the molecule is Cc1cc(/C=C(\C#N)C(=O)OCc2cc(=O)n3c(C)csc3n2)c(C)n1CC(C)C. The normalized spacial score (nSPS) is 11.8. The summed E-state index contributed by atoms with van der Waals surface area (Å²) >= 11 is 1.34. The molecule has 3 rings (SSSR count). The van der Waals surface area contributed by atoms with Crippen molar-refractivity contribution in [1.29, 1.82) is 5.26 Å². The van der Waals surface area contributed by atoms with Crippen LogP contribution in [0.3, 0.4) is 0 Å². The summed E-state index contributed by atoms with van der Waals surface area (Å²) < 4.78 is 8.94. The zero-order valence-corrected chi connectivity index (χ0v) is 18.5. The molecular weight excluding hydrogens is 400 g/mol. The van der Waals surface area contributed by atoms with E-state index in [1.165, 1.54) is 21.8 Å². The summed E-state index contributed by atoms with van der Waals surface area (Å²) in [6.07, 6.45) is 1.55. The van der Waals surface area contributed by atoms with Gasteiger partial charge in [0.2, 0.25) is 0 Å². The molecule has 0 spiro atoms. The lowest BCUT2D eigenvalue weighted by molar-refractivity contribution is -0.139. The Hall–Kier alpha value is -3.18. The molecule has 0 N–H and O–H groups in total.